The first-order valence-electron chi connectivity index (χ1n) is 4.53. The number of hydrogen-bond donors (Lipinski definition) is 0. The third kappa shape index (κ3) is 1.22. The molecular formula is C10H12O2. The van der Waals surface area contributed by atoms with Crippen LogP contribution in [0.15, 0.2) is 11.6 Å². The second-order valence-corrected chi connectivity index (χ2v) is 3.60. The van der Waals surface area contributed by atoms with Gasteiger partial charge >= 0.3 is 0 Å². The van der Waals surface area contributed by atoms with E-state index in [2.05, 4.69) is 0 Å². The predicted octanol–water partition coefficient (Wildman–Crippen LogP) is 1.64. The van der Waals surface area contributed by atoms with Gasteiger partial charge in [-0.1, -0.05) is 5.57 Å². The van der Waals surface area contributed by atoms with Gasteiger partial charge in [-0.3, -0.25) is 9.59 Å². The molecule has 2 heteroatoms. The number of hydrogen-bond acceptors (Lipinski definition) is 2. The lowest BCUT2D eigenvalue weighted by atomic mass is 9.77. The number of Topliss-reactive ketones (excluding diaryl/α,β-unsaturated/α-hetero) is 1. The molecular weight excluding hydrogens is 152 g/mol. The van der Waals surface area contributed by atoms with Crippen molar-refractivity contribution >= 4 is 11.6 Å². The van der Waals surface area contributed by atoms with E-state index in [1.54, 1.807) is 6.08 Å². The molecule has 0 amide bonds. The fourth-order valence-electron chi connectivity index (χ4n) is 2.11. The third-order valence-electron chi connectivity index (χ3n) is 2.75. The van der Waals surface area contributed by atoms with Gasteiger partial charge in [0.15, 0.2) is 5.78 Å². The summed E-state index contributed by atoms with van der Waals surface area (Å²) in [6.07, 6.45) is 5.65. The van der Waals surface area contributed by atoms with Crippen LogP contribution in [0.25, 0.3) is 0 Å². The largest absolute Gasteiger partial charge is 0.299 e. The summed E-state index contributed by atoms with van der Waals surface area (Å²) >= 11 is 0. The van der Waals surface area contributed by atoms with Gasteiger partial charge in [0.25, 0.3) is 0 Å². The monoisotopic (exact) mass is 164 g/mol. The van der Waals surface area contributed by atoms with Crippen molar-refractivity contribution in [1.82, 2.24) is 0 Å². The second kappa shape index (κ2) is 2.85. The van der Waals surface area contributed by atoms with E-state index in [1.807, 2.05) is 0 Å². The first-order valence-corrected chi connectivity index (χ1v) is 4.53. The molecule has 64 valence electrons. The van der Waals surface area contributed by atoms with Gasteiger partial charge in [-0.15, -0.1) is 0 Å². The van der Waals surface area contributed by atoms with E-state index in [0.717, 1.165) is 31.3 Å². The summed E-state index contributed by atoms with van der Waals surface area (Å²) in [5.41, 5.74) is 1.10. The summed E-state index contributed by atoms with van der Waals surface area (Å²) in [5.74, 6) is 0.660. The van der Waals surface area contributed by atoms with Crippen molar-refractivity contribution < 1.29 is 9.59 Å². The highest BCUT2D eigenvalue weighted by Crippen LogP contribution is 2.33. The van der Waals surface area contributed by atoms with Crippen molar-refractivity contribution in [3.05, 3.63) is 11.6 Å². The SMILES string of the molecule is O=C1C=C2CCCC(=O)[C@H]2CC1. The number of allylic oxidation sites excluding steroid dienone is 2. The predicted molar refractivity (Wildman–Crippen MR) is 44.7 cm³/mol. The minimum atomic E-state index is 0.108. The molecule has 0 unspecified atom stereocenters. The summed E-state index contributed by atoms with van der Waals surface area (Å²) in [4.78, 5) is 22.4. The lowest BCUT2D eigenvalue weighted by Gasteiger charge is -2.26. The van der Waals surface area contributed by atoms with Crippen LogP contribution in [0.2, 0.25) is 0 Å². The van der Waals surface area contributed by atoms with Gasteiger partial charge in [-0.05, 0) is 25.3 Å². The quantitative estimate of drug-likeness (QED) is 0.545. The first-order chi connectivity index (χ1) is 5.77. The minimum Gasteiger partial charge on any atom is -0.299 e. The maximum atomic E-state index is 11.4. The van der Waals surface area contributed by atoms with E-state index in [4.69, 9.17) is 0 Å². The summed E-state index contributed by atoms with van der Waals surface area (Å²) < 4.78 is 0. The molecule has 1 saturated carbocycles. The van der Waals surface area contributed by atoms with Crippen LogP contribution in [-0.2, 0) is 9.59 Å². The minimum absolute atomic E-state index is 0.108. The number of carbonyl (C=O) groups is 2. The zero-order chi connectivity index (χ0) is 8.55. The zero-order valence-electron chi connectivity index (χ0n) is 7.01. The highest BCUT2D eigenvalue weighted by atomic mass is 16.1. The lowest BCUT2D eigenvalue weighted by molar-refractivity contribution is -0.123. The normalized spacial score (nSPS) is 29.7. The van der Waals surface area contributed by atoms with E-state index in [1.165, 1.54) is 0 Å². The van der Waals surface area contributed by atoms with Crippen LogP contribution >= 0.6 is 0 Å². The fraction of sp³-hybridized carbons (Fsp3) is 0.600. The van der Waals surface area contributed by atoms with Gasteiger partial charge in [0, 0.05) is 18.8 Å². The molecule has 0 spiro atoms. The molecule has 0 heterocycles. The average Bonchev–Trinajstić information content (AvgIpc) is 2.04. The second-order valence-electron chi connectivity index (χ2n) is 3.60. The number of carbonyl (C=O) groups excluding carboxylic acids is 2. The molecule has 0 aromatic heterocycles. The van der Waals surface area contributed by atoms with E-state index >= 15 is 0 Å². The molecule has 2 rings (SSSR count). The van der Waals surface area contributed by atoms with E-state index in [-0.39, 0.29) is 11.7 Å². The summed E-state index contributed by atoms with van der Waals surface area (Å²) in [7, 11) is 0. The highest BCUT2D eigenvalue weighted by molar-refractivity contribution is 5.95. The van der Waals surface area contributed by atoms with Crippen molar-refractivity contribution in [3.63, 3.8) is 0 Å². The molecule has 0 aliphatic heterocycles. The fourth-order valence-corrected chi connectivity index (χ4v) is 2.11. The van der Waals surface area contributed by atoms with Crippen LogP contribution in [0.3, 0.4) is 0 Å². The Balaban J connectivity index is 2.26. The number of ketones is 2. The van der Waals surface area contributed by atoms with Crippen molar-refractivity contribution in [2.24, 2.45) is 5.92 Å². The molecule has 0 aromatic carbocycles. The van der Waals surface area contributed by atoms with Crippen LogP contribution in [0, 0.1) is 5.92 Å². The Morgan fingerprint density at radius 1 is 1.17 bits per heavy atom. The topological polar surface area (TPSA) is 34.1 Å². The summed E-state index contributed by atoms with van der Waals surface area (Å²) in [6.45, 7) is 0. The van der Waals surface area contributed by atoms with Gasteiger partial charge in [-0.2, -0.15) is 0 Å². The van der Waals surface area contributed by atoms with Crippen LogP contribution in [0.1, 0.15) is 32.1 Å². The Bertz CT molecular complexity index is 263. The van der Waals surface area contributed by atoms with Crippen molar-refractivity contribution in [2.45, 2.75) is 32.1 Å². The third-order valence-corrected chi connectivity index (χ3v) is 2.75. The van der Waals surface area contributed by atoms with E-state index in [9.17, 15) is 9.59 Å². The number of rotatable bonds is 0. The van der Waals surface area contributed by atoms with Crippen molar-refractivity contribution in [1.29, 1.82) is 0 Å². The lowest BCUT2D eigenvalue weighted by Crippen LogP contribution is -2.25. The van der Waals surface area contributed by atoms with Crippen LogP contribution < -0.4 is 0 Å². The maximum Gasteiger partial charge on any atom is 0.155 e. The molecule has 2 aliphatic rings. The molecule has 12 heavy (non-hydrogen) atoms. The van der Waals surface area contributed by atoms with Crippen LogP contribution in [0.5, 0.6) is 0 Å². The Labute approximate surface area is 71.6 Å². The Kier molecular flexibility index (Phi) is 1.83. The zero-order valence-corrected chi connectivity index (χ0v) is 7.01. The van der Waals surface area contributed by atoms with Gasteiger partial charge < -0.3 is 0 Å². The maximum absolute atomic E-state index is 11.4. The van der Waals surface area contributed by atoms with Gasteiger partial charge in [0.1, 0.15) is 5.78 Å². The summed E-state index contributed by atoms with van der Waals surface area (Å²) in [6, 6.07) is 0. The van der Waals surface area contributed by atoms with Gasteiger partial charge in [0.05, 0.1) is 0 Å². The molecule has 2 nitrogen and oxygen atoms in total. The molecule has 0 saturated heterocycles. The van der Waals surface area contributed by atoms with Crippen molar-refractivity contribution in [3.8, 4) is 0 Å². The van der Waals surface area contributed by atoms with E-state index in [0.29, 0.717) is 12.2 Å². The smallest absolute Gasteiger partial charge is 0.155 e. The van der Waals surface area contributed by atoms with Gasteiger partial charge in [-0.25, -0.2) is 0 Å². The standard InChI is InChI=1S/C10H12O2/c11-8-4-5-9-7(6-8)2-1-3-10(9)12/h6,9H,1-5H2/t9-/m0/s1. The van der Waals surface area contributed by atoms with Crippen LogP contribution in [0.4, 0.5) is 0 Å². The average molecular weight is 164 g/mol. The highest BCUT2D eigenvalue weighted by Gasteiger charge is 2.29. The molecule has 0 N–H and O–H groups in total. The Morgan fingerprint density at radius 3 is 2.83 bits per heavy atom. The molecule has 0 radical (unpaired) electrons. The van der Waals surface area contributed by atoms with Crippen molar-refractivity contribution in [2.75, 3.05) is 0 Å². The molecule has 0 bridgehead atoms. The van der Waals surface area contributed by atoms with Gasteiger partial charge in [0.2, 0.25) is 0 Å². The molecule has 1 atom stereocenters. The van der Waals surface area contributed by atoms with Crippen LogP contribution in [-0.4, -0.2) is 11.6 Å². The number of fused-ring (bicyclic) bond motifs is 1. The molecule has 1 fully saturated rings. The molecule has 0 aromatic rings. The Morgan fingerprint density at radius 2 is 2.00 bits per heavy atom. The molecule has 2 aliphatic carbocycles. The summed E-state index contributed by atoms with van der Waals surface area (Å²) in [5, 5.41) is 0. The Hall–Kier alpha value is -0.920. The first kappa shape index (κ1) is 7.71. The van der Waals surface area contributed by atoms with E-state index < -0.39 is 0 Å².